The Hall–Kier alpha value is -1.24. The number of nitrogens with one attached hydrogen (secondary N) is 2. The van der Waals surface area contributed by atoms with Crippen molar-refractivity contribution < 1.29 is 9.00 Å². The van der Waals surface area contributed by atoms with Gasteiger partial charge in [-0.25, -0.2) is 4.98 Å². The molecule has 0 aliphatic carbocycles. The Morgan fingerprint density at radius 2 is 2.11 bits per heavy atom. The third-order valence-electron chi connectivity index (χ3n) is 2.29. The lowest BCUT2D eigenvalue weighted by molar-refractivity contribution is 0.0943. The van der Waals surface area contributed by atoms with Crippen LogP contribution in [0, 0.1) is 0 Å². The van der Waals surface area contributed by atoms with Crippen molar-refractivity contribution in [3.05, 3.63) is 11.6 Å². The number of hydrogen-bond donors (Lipinski definition) is 2. The molecule has 1 amide bonds. The monoisotopic (exact) mass is 272 g/mol. The average molecular weight is 272 g/mol. The van der Waals surface area contributed by atoms with Crippen molar-refractivity contribution in [3.63, 3.8) is 0 Å². The van der Waals surface area contributed by atoms with Gasteiger partial charge in [0.1, 0.15) is 5.82 Å². The number of carbonyl (C=O) groups is 1. The fourth-order valence-electron chi connectivity index (χ4n) is 1.26. The van der Waals surface area contributed by atoms with Gasteiger partial charge < -0.3 is 5.32 Å². The van der Waals surface area contributed by atoms with Gasteiger partial charge in [0.15, 0.2) is 0 Å². The number of H-pyrrole nitrogens is 1. The number of aromatic amines is 1. The van der Waals surface area contributed by atoms with Crippen molar-refractivity contribution in [2.45, 2.75) is 32.6 Å². The minimum Gasteiger partial charge on any atom is -0.349 e. The van der Waals surface area contributed by atoms with Gasteiger partial charge in [0.25, 0.3) is 5.91 Å². The summed E-state index contributed by atoms with van der Waals surface area (Å²) in [6.07, 6.45) is 2.33. The van der Waals surface area contributed by atoms with E-state index in [1.54, 1.807) is 6.26 Å². The lowest BCUT2D eigenvalue weighted by Crippen LogP contribution is -2.26. The van der Waals surface area contributed by atoms with Crippen molar-refractivity contribution in [3.8, 4) is 0 Å². The maximum atomic E-state index is 11.7. The van der Waals surface area contributed by atoms with Crippen molar-refractivity contribution in [2.75, 3.05) is 18.6 Å². The summed E-state index contributed by atoms with van der Waals surface area (Å²) in [5, 5.41) is 9.35. The van der Waals surface area contributed by atoms with Gasteiger partial charge in [0.05, 0.1) is 0 Å². The molecule has 0 aliphatic heterocycles. The highest BCUT2D eigenvalue weighted by Crippen LogP contribution is 2.17. The summed E-state index contributed by atoms with van der Waals surface area (Å²) in [6.45, 7) is 6.46. The summed E-state index contributed by atoms with van der Waals surface area (Å²) in [6, 6.07) is 0. The maximum Gasteiger partial charge on any atom is 0.290 e. The van der Waals surface area contributed by atoms with Gasteiger partial charge in [0, 0.05) is 34.8 Å². The highest BCUT2D eigenvalue weighted by atomic mass is 32.2. The molecule has 0 radical (unpaired) electrons. The summed E-state index contributed by atoms with van der Waals surface area (Å²) in [4.78, 5) is 15.9. The highest BCUT2D eigenvalue weighted by Gasteiger charge is 2.20. The smallest absolute Gasteiger partial charge is 0.290 e. The van der Waals surface area contributed by atoms with E-state index < -0.39 is 10.8 Å². The second-order valence-electron chi connectivity index (χ2n) is 5.14. The summed E-state index contributed by atoms with van der Waals surface area (Å²) in [7, 11) is -0.821. The molecule has 0 aromatic carbocycles. The minimum atomic E-state index is -0.821. The van der Waals surface area contributed by atoms with Crippen molar-refractivity contribution in [2.24, 2.45) is 0 Å². The Labute approximate surface area is 109 Å². The molecule has 7 heteroatoms. The lowest BCUT2D eigenvalue weighted by atomic mass is 9.96. The van der Waals surface area contributed by atoms with E-state index >= 15 is 0 Å². The summed E-state index contributed by atoms with van der Waals surface area (Å²) >= 11 is 0. The molecular formula is C11H20N4O2S. The molecule has 102 valence electrons. The number of nitrogens with zero attached hydrogens (tertiary/aromatic N) is 2. The number of carbonyl (C=O) groups excluding carboxylic acids is 1. The first kappa shape index (κ1) is 14.8. The fourth-order valence-corrected chi connectivity index (χ4v) is 1.81. The number of aromatic nitrogens is 3. The Morgan fingerprint density at radius 3 is 2.61 bits per heavy atom. The Kier molecular flexibility index (Phi) is 5.01. The van der Waals surface area contributed by atoms with Crippen LogP contribution >= 0.6 is 0 Å². The van der Waals surface area contributed by atoms with Gasteiger partial charge in [-0.1, -0.05) is 20.8 Å². The molecule has 0 aliphatic rings. The molecule has 1 aromatic heterocycles. The van der Waals surface area contributed by atoms with Gasteiger partial charge in [-0.15, -0.1) is 5.10 Å². The topological polar surface area (TPSA) is 87.7 Å². The molecule has 18 heavy (non-hydrogen) atoms. The van der Waals surface area contributed by atoms with E-state index in [2.05, 4.69) is 20.5 Å². The van der Waals surface area contributed by atoms with Crippen LogP contribution in [0.25, 0.3) is 0 Å². The number of hydrogen-bond acceptors (Lipinski definition) is 4. The first-order valence-corrected chi connectivity index (χ1v) is 7.54. The average Bonchev–Trinajstić information content (AvgIpc) is 2.72. The minimum absolute atomic E-state index is 0.151. The second kappa shape index (κ2) is 6.08. The zero-order chi connectivity index (χ0) is 13.8. The number of amides is 1. The van der Waals surface area contributed by atoms with Crippen LogP contribution < -0.4 is 5.32 Å². The second-order valence-corrected chi connectivity index (χ2v) is 6.70. The van der Waals surface area contributed by atoms with E-state index in [0.29, 0.717) is 24.5 Å². The van der Waals surface area contributed by atoms with Crippen molar-refractivity contribution in [1.29, 1.82) is 0 Å². The SMILES string of the molecule is CS(=O)CCCNC(=O)c1n[nH]c(C(C)(C)C)n1. The molecule has 1 atom stereocenters. The first-order chi connectivity index (χ1) is 8.30. The Balaban J connectivity index is 2.47. The molecule has 6 nitrogen and oxygen atoms in total. The van der Waals surface area contributed by atoms with Crippen LogP contribution in [0.3, 0.4) is 0 Å². The van der Waals surface area contributed by atoms with Crippen LogP contribution in [0.5, 0.6) is 0 Å². The van der Waals surface area contributed by atoms with E-state index in [1.165, 1.54) is 0 Å². The van der Waals surface area contributed by atoms with Crippen LogP contribution in [0.1, 0.15) is 43.6 Å². The third kappa shape index (κ3) is 4.56. The van der Waals surface area contributed by atoms with Gasteiger partial charge in [-0.2, -0.15) is 0 Å². The van der Waals surface area contributed by atoms with E-state index in [1.807, 2.05) is 20.8 Å². The van der Waals surface area contributed by atoms with Gasteiger partial charge >= 0.3 is 0 Å². The molecule has 2 N–H and O–H groups in total. The van der Waals surface area contributed by atoms with E-state index in [0.717, 1.165) is 0 Å². The molecule has 1 unspecified atom stereocenters. The molecule has 1 rings (SSSR count). The molecule has 1 aromatic rings. The maximum absolute atomic E-state index is 11.7. The zero-order valence-electron chi connectivity index (χ0n) is 11.2. The van der Waals surface area contributed by atoms with Crippen molar-refractivity contribution in [1.82, 2.24) is 20.5 Å². The summed E-state index contributed by atoms with van der Waals surface area (Å²) in [5.74, 6) is 1.12. The molecular weight excluding hydrogens is 252 g/mol. The molecule has 0 spiro atoms. The van der Waals surface area contributed by atoms with Gasteiger partial charge in [-0.05, 0) is 6.42 Å². The normalized spacial score (nSPS) is 13.3. The molecule has 0 fully saturated rings. The molecule has 0 saturated carbocycles. The largest absolute Gasteiger partial charge is 0.349 e. The first-order valence-electron chi connectivity index (χ1n) is 5.82. The van der Waals surface area contributed by atoms with Crippen LogP contribution in [-0.2, 0) is 16.2 Å². The third-order valence-corrected chi connectivity index (χ3v) is 3.16. The highest BCUT2D eigenvalue weighted by molar-refractivity contribution is 7.84. The van der Waals surface area contributed by atoms with E-state index in [4.69, 9.17) is 0 Å². The van der Waals surface area contributed by atoms with Crippen molar-refractivity contribution >= 4 is 16.7 Å². The lowest BCUT2D eigenvalue weighted by Gasteiger charge is -2.12. The Morgan fingerprint density at radius 1 is 1.44 bits per heavy atom. The quantitative estimate of drug-likeness (QED) is 0.768. The van der Waals surface area contributed by atoms with Gasteiger partial charge in [0.2, 0.25) is 5.82 Å². The summed E-state index contributed by atoms with van der Waals surface area (Å²) in [5.41, 5.74) is -0.162. The molecule has 0 bridgehead atoms. The van der Waals surface area contributed by atoms with E-state index in [-0.39, 0.29) is 17.1 Å². The zero-order valence-corrected chi connectivity index (χ0v) is 12.1. The summed E-state index contributed by atoms with van der Waals surface area (Å²) < 4.78 is 10.8. The van der Waals surface area contributed by atoms with Crippen LogP contribution in [-0.4, -0.2) is 43.9 Å². The predicted octanol–water partition coefficient (Wildman–Crippen LogP) is 0.601. The van der Waals surface area contributed by atoms with Crippen LogP contribution in [0.2, 0.25) is 0 Å². The standard InChI is InChI=1S/C11H20N4O2S/c1-11(2,3)10-13-8(14-15-10)9(16)12-6-5-7-18(4)17/h5-7H2,1-4H3,(H,12,16)(H,13,14,15). The van der Waals surface area contributed by atoms with Crippen LogP contribution in [0.4, 0.5) is 0 Å². The molecule has 0 saturated heterocycles. The van der Waals surface area contributed by atoms with Crippen LogP contribution in [0.15, 0.2) is 0 Å². The molecule has 1 heterocycles. The van der Waals surface area contributed by atoms with E-state index in [9.17, 15) is 9.00 Å². The number of rotatable bonds is 5. The van der Waals surface area contributed by atoms with Gasteiger partial charge in [-0.3, -0.25) is 14.1 Å². The predicted molar refractivity (Wildman–Crippen MR) is 71.0 cm³/mol. The Bertz CT molecular complexity index is 436. The fraction of sp³-hybridized carbons (Fsp3) is 0.727.